The Morgan fingerprint density at radius 2 is 2.05 bits per heavy atom. The molecule has 8 heteroatoms. The number of sulfonamides is 1. The molecule has 21 heavy (non-hydrogen) atoms. The van der Waals surface area contributed by atoms with Gasteiger partial charge < -0.3 is 15.8 Å². The summed E-state index contributed by atoms with van der Waals surface area (Å²) in [6.07, 6.45) is 0.753. The lowest BCUT2D eigenvalue weighted by atomic mass is 9.99. The molecule has 0 aliphatic carbocycles. The number of benzene rings is 1. The minimum Gasteiger partial charge on any atom is -0.495 e. The van der Waals surface area contributed by atoms with Crippen molar-refractivity contribution >= 4 is 21.6 Å². The summed E-state index contributed by atoms with van der Waals surface area (Å²) in [6, 6.07) is 3.27. The van der Waals surface area contributed by atoms with E-state index < -0.39 is 22.0 Å². The second kappa shape index (κ2) is 6.88. The number of primary sulfonamides is 1. The second-order valence-electron chi connectivity index (χ2n) is 4.81. The zero-order valence-corrected chi connectivity index (χ0v) is 13.1. The Hall–Kier alpha value is -1.64. The number of anilines is 1. The monoisotopic (exact) mass is 315 g/mol. The normalized spacial score (nSPS) is 14.3. The predicted molar refractivity (Wildman–Crippen MR) is 80.4 cm³/mol. The number of carbonyl (C=O) groups is 1. The van der Waals surface area contributed by atoms with Crippen molar-refractivity contribution in [3.8, 4) is 5.75 Å². The van der Waals surface area contributed by atoms with Crippen molar-refractivity contribution in [2.75, 3.05) is 12.4 Å². The number of ether oxygens (including phenoxy) is 1. The second-order valence-corrected chi connectivity index (χ2v) is 6.37. The molecule has 118 valence electrons. The largest absolute Gasteiger partial charge is 0.495 e. The molecular weight excluding hydrogens is 294 g/mol. The topological polar surface area (TPSA) is 125 Å². The molecule has 0 spiro atoms. The van der Waals surface area contributed by atoms with Crippen molar-refractivity contribution in [1.82, 2.24) is 0 Å². The smallest absolute Gasteiger partial charge is 0.241 e. The Kier molecular flexibility index (Phi) is 5.70. The average Bonchev–Trinajstić information content (AvgIpc) is 2.44. The van der Waals surface area contributed by atoms with E-state index >= 15 is 0 Å². The zero-order valence-electron chi connectivity index (χ0n) is 12.3. The van der Waals surface area contributed by atoms with Gasteiger partial charge in [-0.2, -0.15) is 0 Å². The fraction of sp³-hybridized carbons (Fsp3) is 0.462. The average molecular weight is 315 g/mol. The Morgan fingerprint density at radius 3 is 2.52 bits per heavy atom. The number of carbonyl (C=O) groups excluding carboxylic acids is 1. The Balaban J connectivity index is 3.09. The van der Waals surface area contributed by atoms with Crippen LogP contribution >= 0.6 is 0 Å². The lowest BCUT2D eigenvalue weighted by molar-refractivity contribution is -0.118. The van der Waals surface area contributed by atoms with Crippen molar-refractivity contribution in [3.63, 3.8) is 0 Å². The van der Waals surface area contributed by atoms with Gasteiger partial charge in [0.15, 0.2) is 0 Å². The van der Waals surface area contributed by atoms with Gasteiger partial charge in [-0.3, -0.25) is 4.79 Å². The summed E-state index contributed by atoms with van der Waals surface area (Å²) < 4.78 is 27.8. The molecule has 0 radical (unpaired) electrons. The minimum atomic E-state index is -3.87. The maximum absolute atomic E-state index is 12.1. The molecule has 0 fully saturated rings. The Morgan fingerprint density at radius 1 is 1.43 bits per heavy atom. The molecule has 0 aliphatic rings. The first-order valence-electron chi connectivity index (χ1n) is 6.48. The number of amides is 1. The van der Waals surface area contributed by atoms with Gasteiger partial charge in [0.25, 0.3) is 0 Å². The fourth-order valence-electron chi connectivity index (χ4n) is 1.69. The van der Waals surface area contributed by atoms with Crippen LogP contribution in [-0.2, 0) is 14.8 Å². The minimum absolute atomic E-state index is 0.00239. The summed E-state index contributed by atoms with van der Waals surface area (Å²) in [6.45, 7) is 3.79. The SMILES string of the molecule is CC[C@H](C)[C@H](N)C(=O)Nc1cc(S(N)(=O)=O)ccc1OC. The van der Waals surface area contributed by atoms with Crippen LogP contribution in [0, 0.1) is 5.92 Å². The van der Waals surface area contributed by atoms with Crippen molar-refractivity contribution in [2.45, 2.75) is 31.2 Å². The third kappa shape index (κ3) is 4.42. The maximum Gasteiger partial charge on any atom is 0.241 e. The summed E-state index contributed by atoms with van der Waals surface area (Å²) in [4.78, 5) is 12.0. The van der Waals surface area contributed by atoms with Crippen molar-refractivity contribution in [2.24, 2.45) is 16.8 Å². The molecule has 1 aromatic carbocycles. The molecule has 0 saturated heterocycles. The molecule has 0 aliphatic heterocycles. The van der Waals surface area contributed by atoms with E-state index in [0.29, 0.717) is 5.75 Å². The summed E-state index contributed by atoms with van der Waals surface area (Å²) in [5.41, 5.74) is 6.05. The van der Waals surface area contributed by atoms with E-state index in [2.05, 4.69) is 5.32 Å². The van der Waals surface area contributed by atoms with Crippen LogP contribution in [0.15, 0.2) is 23.1 Å². The van der Waals surface area contributed by atoms with Crippen LogP contribution in [-0.4, -0.2) is 27.5 Å². The molecule has 1 amide bonds. The highest BCUT2D eigenvalue weighted by molar-refractivity contribution is 7.89. The highest BCUT2D eigenvalue weighted by Crippen LogP contribution is 2.27. The van der Waals surface area contributed by atoms with Crippen LogP contribution in [0.5, 0.6) is 5.75 Å². The van der Waals surface area contributed by atoms with Crippen LogP contribution < -0.4 is 20.9 Å². The highest BCUT2D eigenvalue weighted by Gasteiger charge is 2.21. The van der Waals surface area contributed by atoms with Gasteiger partial charge in [0, 0.05) is 0 Å². The van der Waals surface area contributed by atoms with E-state index in [9.17, 15) is 13.2 Å². The number of nitrogens with two attached hydrogens (primary N) is 2. The molecule has 0 saturated carbocycles. The van der Waals surface area contributed by atoms with E-state index in [1.165, 1.54) is 25.3 Å². The highest BCUT2D eigenvalue weighted by atomic mass is 32.2. The van der Waals surface area contributed by atoms with E-state index in [-0.39, 0.29) is 16.5 Å². The van der Waals surface area contributed by atoms with Crippen LogP contribution in [0.3, 0.4) is 0 Å². The maximum atomic E-state index is 12.1. The van der Waals surface area contributed by atoms with Crippen LogP contribution in [0.2, 0.25) is 0 Å². The standard InChI is InChI=1S/C13H21N3O4S/c1-4-8(2)12(14)13(17)16-10-7-9(21(15,18)19)5-6-11(10)20-3/h5-8,12H,4,14H2,1-3H3,(H,16,17)(H2,15,18,19)/t8-,12-/m0/s1. The number of methoxy groups -OCH3 is 1. The first-order chi connectivity index (χ1) is 9.70. The van der Waals surface area contributed by atoms with Crippen LogP contribution in [0.1, 0.15) is 20.3 Å². The van der Waals surface area contributed by atoms with E-state index in [4.69, 9.17) is 15.6 Å². The fourth-order valence-corrected chi connectivity index (χ4v) is 2.23. The summed E-state index contributed by atoms with van der Waals surface area (Å²) >= 11 is 0. The molecule has 1 aromatic rings. The van der Waals surface area contributed by atoms with Gasteiger partial charge in [-0.1, -0.05) is 20.3 Å². The predicted octanol–water partition coefficient (Wildman–Crippen LogP) is 0.655. The molecule has 2 atom stereocenters. The number of hydrogen-bond acceptors (Lipinski definition) is 5. The van der Waals surface area contributed by atoms with Gasteiger partial charge in [-0.25, -0.2) is 13.6 Å². The van der Waals surface area contributed by atoms with E-state index in [1.54, 1.807) is 0 Å². The van der Waals surface area contributed by atoms with E-state index in [1.807, 2.05) is 13.8 Å². The molecule has 0 unspecified atom stereocenters. The van der Waals surface area contributed by atoms with Crippen LogP contribution in [0.4, 0.5) is 5.69 Å². The lowest BCUT2D eigenvalue weighted by Crippen LogP contribution is -2.40. The van der Waals surface area contributed by atoms with Gasteiger partial charge in [0.1, 0.15) is 5.75 Å². The van der Waals surface area contributed by atoms with Gasteiger partial charge in [-0.05, 0) is 24.1 Å². The first-order valence-corrected chi connectivity index (χ1v) is 8.02. The number of nitrogens with one attached hydrogen (secondary N) is 1. The molecule has 0 bridgehead atoms. The molecule has 0 heterocycles. The Bertz CT molecular complexity index is 616. The lowest BCUT2D eigenvalue weighted by Gasteiger charge is -2.19. The molecule has 5 N–H and O–H groups in total. The molecule has 7 nitrogen and oxygen atoms in total. The van der Waals surface area contributed by atoms with Gasteiger partial charge in [-0.15, -0.1) is 0 Å². The third-order valence-corrected chi connectivity index (χ3v) is 4.23. The summed E-state index contributed by atoms with van der Waals surface area (Å²) in [5, 5.41) is 7.65. The van der Waals surface area contributed by atoms with E-state index in [0.717, 1.165) is 6.42 Å². The molecule has 0 aromatic heterocycles. The number of hydrogen-bond donors (Lipinski definition) is 3. The third-order valence-electron chi connectivity index (χ3n) is 3.32. The van der Waals surface area contributed by atoms with Crippen molar-refractivity contribution in [3.05, 3.63) is 18.2 Å². The van der Waals surface area contributed by atoms with Gasteiger partial charge >= 0.3 is 0 Å². The summed E-state index contributed by atoms with van der Waals surface area (Å²) in [5.74, 6) is -0.0845. The van der Waals surface area contributed by atoms with Crippen molar-refractivity contribution in [1.29, 1.82) is 0 Å². The van der Waals surface area contributed by atoms with Crippen LogP contribution in [0.25, 0.3) is 0 Å². The Labute approximate surface area is 124 Å². The van der Waals surface area contributed by atoms with Gasteiger partial charge in [0.05, 0.1) is 23.7 Å². The first kappa shape index (κ1) is 17.4. The quantitative estimate of drug-likeness (QED) is 0.711. The molecule has 1 rings (SSSR count). The summed E-state index contributed by atoms with van der Waals surface area (Å²) in [7, 11) is -2.45. The van der Waals surface area contributed by atoms with Gasteiger partial charge in [0.2, 0.25) is 15.9 Å². The molecular formula is C13H21N3O4S. The zero-order chi connectivity index (χ0) is 16.2. The number of rotatable bonds is 6. The van der Waals surface area contributed by atoms with Crippen molar-refractivity contribution < 1.29 is 17.9 Å².